The predicted molar refractivity (Wildman–Crippen MR) is 111 cm³/mol. The molecule has 156 valence electrons. The minimum absolute atomic E-state index is 0.0884. The van der Waals surface area contributed by atoms with Crippen molar-refractivity contribution >= 4 is 28.9 Å². The molecule has 10 nitrogen and oxygen atoms in total. The summed E-state index contributed by atoms with van der Waals surface area (Å²) in [5, 5.41) is 13.7. The number of nitrogens with zero attached hydrogens (tertiary/aromatic N) is 7. The van der Waals surface area contributed by atoms with Gasteiger partial charge in [-0.3, -0.25) is 4.79 Å². The quantitative estimate of drug-likeness (QED) is 0.347. The Bertz CT molecular complexity index is 1240. The Morgan fingerprint density at radius 2 is 1.81 bits per heavy atom. The number of ketones is 1. The number of hydrogen-bond acceptors (Lipinski definition) is 9. The van der Waals surface area contributed by atoms with E-state index >= 15 is 0 Å². The number of carbonyl (C=O) groups is 2. The Morgan fingerprint density at radius 1 is 1.13 bits per heavy atom. The van der Waals surface area contributed by atoms with E-state index in [2.05, 4.69) is 15.1 Å². The molecule has 10 heteroatoms. The lowest BCUT2D eigenvalue weighted by Gasteiger charge is -2.19. The van der Waals surface area contributed by atoms with Gasteiger partial charge in [-0.1, -0.05) is 19.1 Å². The summed E-state index contributed by atoms with van der Waals surface area (Å²) in [6, 6.07) is 9.53. The van der Waals surface area contributed by atoms with E-state index in [1.54, 1.807) is 23.9 Å². The molecule has 0 fully saturated rings. The minimum atomic E-state index is -0.714. The van der Waals surface area contributed by atoms with Gasteiger partial charge in [0.15, 0.2) is 6.61 Å². The third-order valence-corrected chi connectivity index (χ3v) is 5.15. The number of fused-ring (bicyclic) bond motifs is 2. The fraction of sp³-hybridized carbons (Fsp3) is 0.238. The number of Topliss-reactive ketones (excluding diaryl/α,β-unsaturated/α-hetero) is 1. The smallest absolute Gasteiger partial charge is 0.342 e. The third kappa shape index (κ3) is 3.26. The van der Waals surface area contributed by atoms with Gasteiger partial charge in [-0.05, 0) is 18.6 Å². The molecule has 0 saturated carbocycles. The molecular weight excluding hydrogens is 398 g/mol. The zero-order valence-electron chi connectivity index (χ0n) is 17.2. The fourth-order valence-electron chi connectivity index (χ4n) is 3.67. The second-order valence-corrected chi connectivity index (χ2v) is 6.86. The van der Waals surface area contributed by atoms with E-state index in [0.717, 1.165) is 11.4 Å². The maximum absolute atomic E-state index is 12.8. The van der Waals surface area contributed by atoms with Crippen LogP contribution in [0.25, 0.3) is 5.78 Å². The Labute approximate surface area is 178 Å². The van der Waals surface area contributed by atoms with Crippen molar-refractivity contribution < 1.29 is 14.3 Å². The van der Waals surface area contributed by atoms with E-state index < -0.39 is 18.4 Å². The number of aromatic nitrogens is 4. The highest BCUT2D eigenvalue weighted by Gasteiger charge is 2.31. The average molecular weight is 417 g/mol. The molecule has 2 aromatic heterocycles. The Balaban J connectivity index is 1.57. The summed E-state index contributed by atoms with van der Waals surface area (Å²) in [7, 11) is 3.56. The van der Waals surface area contributed by atoms with Crippen LogP contribution in [0.4, 0.5) is 11.4 Å². The van der Waals surface area contributed by atoms with E-state index in [1.807, 2.05) is 37.3 Å². The SMILES string of the molecule is CCc1c(C(=O)OCC(=O)C(C#N)=C2N(C)c3ccccc3N2C)cnc2ncnn12. The van der Waals surface area contributed by atoms with Crippen LogP contribution in [-0.4, -0.2) is 52.0 Å². The second-order valence-electron chi connectivity index (χ2n) is 6.86. The standard InChI is InChI=1S/C21H19N7O3/c1-4-15-14(10-23-21-24-12-25-28(15)21)20(30)31-11-18(29)13(9-22)19-26(2)16-7-5-6-8-17(16)27(19)3/h5-8,10,12H,4,11H2,1-3H3. The van der Waals surface area contributed by atoms with E-state index in [9.17, 15) is 14.9 Å². The number of para-hydroxylation sites is 2. The molecular formula is C21H19N7O3. The van der Waals surface area contributed by atoms with Crippen LogP contribution in [0.3, 0.4) is 0 Å². The lowest BCUT2D eigenvalue weighted by atomic mass is 10.1. The van der Waals surface area contributed by atoms with Crippen LogP contribution in [0.5, 0.6) is 0 Å². The minimum Gasteiger partial charge on any atom is -0.454 e. The zero-order valence-corrected chi connectivity index (χ0v) is 17.2. The summed E-state index contributed by atoms with van der Waals surface area (Å²) in [6.45, 7) is 1.29. The van der Waals surface area contributed by atoms with Gasteiger partial charge in [0.25, 0.3) is 5.78 Å². The Morgan fingerprint density at radius 3 is 2.42 bits per heavy atom. The van der Waals surface area contributed by atoms with E-state index in [1.165, 1.54) is 17.0 Å². The van der Waals surface area contributed by atoms with E-state index in [-0.39, 0.29) is 11.1 Å². The first-order valence-corrected chi connectivity index (χ1v) is 9.56. The van der Waals surface area contributed by atoms with Crippen molar-refractivity contribution in [3.05, 3.63) is 59.4 Å². The maximum Gasteiger partial charge on any atom is 0.342 e. The van der Waals surface area contributed by atoms with Crippen LogP contribution in [-0.2, 0) is 16.0 Å². The molecule has 1 aromatic carbocycles. The zero-order chi connectivity index (χ0) is 22.1. The number of benzene rings is 1. The summed E-state index contributed by atoms with van der Waals surface area (Å²) >= 11 is 0. The highest BCUT2D eigenvalue weighted by Crippen LogP contribution is 2.40. The molecule has 1 aliphatic rings. The first-order chi connectivity index (χ1) is 15.0. The molecule has 0 bridgehead atoms. The van der Waals surface area contributed by atoms with Crippen LogP contribution >= 0.6 is 0 Å². The van der Waals surface area contributed by atoms with Gasteiger partial charge >= 0.3 is 5.97 Å². The monoisotopic (exact) mass is 417 g/mol. The number of ether oxygens (including phenoxy) is 1. The van der Waals surface area contributed by atoms with Crippen LogP contribution < -0.4 is 9.80 Å². The fourth-order valence-corrected chi connectivity index (χ4v) is 3.67. The molecule has 0 aliphatic carbocycles. The van der Waals surface area contributed by atoms with Crippen molar-refractivity contribution in [1.29, 1.82) is 5.26 Å². The molecule has 0 saturated heterocycles. The molecule has 3 heterocycles. The maximum atomic E-state index is 12.8. The number of rotatable bonds is 5. The molecule has 0 spiro atoms. The van der Waals surface area contributed by atoms with Crippen LogP contribution in [0.2, 0.25) is 0 Å². The van der Waals surface area contributed by atoms with E-state index in [4.69, 9.17) is 4.74 Å². The highest BCUT2D eigenvalue weighted by molar-refractivity contribution is 6.04. The molecule has 0 radical (unpaired) electrons. The molecule has 0 amide bonds. The highest BCUT2D eigenvalue weighted by atomic mass is 16.5. The summed E-state index contributed by atoms with van der Waals surface area (Å²) < 4.78 is 6.69. The number of nitriles is 1. The summed E-state index contributed by atoms with van der Waals surface area (Å²) in [5.41, 5.74) is 2.43. The van der Waals surface area contributed by atoms with Crippen molar-refractivity contribution in [2.24, 2.45) is 0 Å². The van der Waals surface area contributed by atoms with Crippen LogP contribution in [0, 0.1) is 11.3 Å². The molecule has 0 atom stereocenters. The molecule has 31 heavy (non-hydrogen) atoms. The Hall–Kier alpha value is -4.26. The lowest BCUT2D eigenvalue weighted by Crippen LogP contribution is -2.28. The van der Waals surface area contributed by atoms with Gasteiger partial charge in [-0.25, -0.2) is 14.3 Å². The molecule has 4 rings (SSSR count). The third-order valence-electron chi connectivity index (χ3n) is 5.15. The van der Waals surface area contributed by atoms with Gasteiger partial charge < -0.3 is 14.5 Å². The van der Waals surface area contributed by atoms with Gasteiger partial charge in [-0.15, -0.1) is 0 Å². The van der Waals surface area contributed by atoms with Gasteiger partial charge in [0.1, 0.15) is 23.8 Å². The topological polar surface area (TPSA) is 117 Å². The van der Waals surface area contributed by atoms with Crippen LogP contribution in [0.1, 0.15) is 23.0 Å². The molecule has 0 N–H and O–H groups in total. The lowest BCUT2D eigenvalue weighted by molar-refractivity contribution is -0.118. The number of hydrogen-bond donors (Lipinski definition) is 0. The van der Waals surface area contributed by atoms with E-state index in [0.29, 0.717) is 23.7 Å². The van der Waals surface area contributed by atoms with Crippen molar-refractivity contribution in [3.63, 3.8) is 0 Å². The van der Waals surface area contributed by atoms with Gasteiger partial charge in [0, 0.05) is 20.3 Å². The molecule has 1 aliphatic heterocycles. The van der Waals surface area contributed by atoms with Crippen molar-refractivity contribution in [2.75, 3.05) is 30.5 Å². The summed E-state index contributed by atoms with van der Waals surface area (Å²) in [6.07, 6.45) is 3.19. The first-order valence-electron chi connectivity index (χ1n) is 9.56. The second kappa shape index (κ2) is 7.87. The number of anilines is 2. The number of aryl methyl sites for hydroxylation is 1. The summed E-state index contributed by atoms with van der Waals surface area (Å²) in [5.74, 6) is -0.503. The van der Waals surface area contributed by atoms with Crippen molar-refractivity contribution in [1.82, 2.24) is 19.6 Å². The van der Waals surface area contributed by atoms with Gasteiger partial charge in [0.05, 0.1) is 22.6 Å². The molecule has 3 aromatic rings. The van der Waals surface area contributed by atoms with Crippen LogP contribution in [0.15, 0.2) is 48.2 Å². The van der Waals surface area contributed by atoms with Gasteiger partial charge in [-0.2, -0.15) is 15.3 Å². The average Bonchev–Trinajstić information content (AvgIpc) is 3.36. The number of carbonyl (C=O) groups excluding carboxylic acids is 2. The normalized spacial score (nSPS) is 12.6. The summed E-state index contributed by atoms with van der Waals surface area (Å²) in [4.78, 5) is 37.1. The number of esters is 1. The van der Waals surface area contributed by atoms with Crippen molar-refractivity contribution in [2.45, 2.75) is 13.3 Å². The van der Waals surface area contributed by atoms with Crippen molar-refractivity contribution in [3.8, 4) is 6.07 Å². The Kier molecular flexibility index (Phi) is 5.09. The largest absolute Gasteiger partial charge is 0.454 e. The first kappa shape index (κ1) is 20.0. The van der Waals surface area contributed by atoms with Gasteiger partial charge in [0.2, 0.25) is 5.78 Å². The predicted octanol–water partition coefficient (Wildman–Crippen LogP) is 1.73. The molecule has 0 unspecified atom stereocenters.